The van der Waals surface area contributed by atoms with Crippen molar-refractivity contribution in [3.8, 4) is 34.4 Å². The number of benzene rings is 4. The highest BCUT2D eigenvalue weighted by molar-refractivity contribution is 5.93. The summed E-state index contributed by atoms with van der Waals surface area (Å²) in [5.41, 5.74) is 2.87. The number of hydrogen-bond acceptors (Lipinski definition) is 10. The molecule has 0 saturated carbocycles. The van der Waals surface area contributed by atoms with E-state index in [9.17, 15) is 19.8 Å². The molecule has 0 radical (unpaired) electrons. The molecule has 0 fully saturated rings. The Balaban J connectivity index is 1.14. The van der Waals surface area contributed by atoms with Crippen LogP contribution in [0.5, 0.6) is 23.0 Å². The first-order valence-corrected chi connectivity index (χ1v) is 11.7. The van der Waals surface area contributed by atoms with Crippen LogP contribution in [0.4, 0.5) is 0 Å². The van der Waals surface area contributed by atoms with Gasteiger partial charge in [-0.1, -0.05) is 24.3 Å². The molecule has 12 heteroatoms. The molecule has 12 nitrogen and oxygen atoms in total. The molecule has 0 aliphatic carbocycles. The molecule has 0 unspecified atom stereocenters. The van der Waals surface area contributed by atoms with Gasteiger partial charge in [0.2, 0.25) is 0 Å². The summed E-state index contributed by atoms with van der Waals surface area (Å²) >= 11 is 0. The van der Waals surface area contributed by atoms with E-state index in [2.05, 4.69) is 20.4 Å². The maximum Gasteiger partial charge on any atom is 0.322 e. The molecule has 6 rings (SSSR count). The van der Waals surface area contributed by atoms with Crippen molar-refractivity contribution in [1.82, 2.24) is 30.0 Å². The summed E-state index contributed by atoms with van der Waals surface area (Å²) in [6.07, 6.45) is -0.694. The van der Waals surface area contributed by atoms with E-state index in [1.54, 1.807) is 24.3 Å². The first-order chi connectivity index (χ1) is 18.9. The van der Waals surface area contributed by atoms with Crippen molar-refractivity contribution < 1.29 is 29.3 Å². The molecule has 0 amide bonds. The Bertz CT molecular complexity index is 1680. The van der Waals surface area contributed by atoms with Gasteiger partial charge in [0.1, 0.15) is 62.9 Å². The Hall–Kier alpha value is -5.78. The number of hydrogen-bond donors (Lipinski definition) is 2. The topological polar surface area (TPSA) is 154 Å². The minimum absolute atomic E-state index is 0.0747. The molecule has 0 aliphatic rings. The molecule has 0 aliphatic heterocycles. The van der Waals surface area contributed by atoms with Gasteiger partial charge in [-0.2, -0.15) is 0 Å². The third-order valence-corrected chi connectivity index (χ3v) is 5.65. The zero-order valence-electron chi connectivity index (χ0n) is 20.0. The SMILES string of the molecule is O=C(CC(=O)Oc1ccc(O)c(-n2nc3ccccc3n2)c1)Oc1ccc(O)c(-n2nc3ccccc3n2)c1. The lowest BCUT2D eigenvalue weighted by molar-refractivity contribution is -0.144. The zero-order chi connectivity index (χ0) is 26.9. The number of carbonyl (C=O) groups is 2. The van der Waals surface area contributed by atoms with E-state index in [1.807, 2.05) is 24.3 Å². The van der Waals surface area contributed by atoms with Gasteiger partial charge in [0.15, 0.2) is 0 Å². The van der Waals surface area contributed by atoms with Crippen molar-refractivity contribution >= 4 is 34.0 Å². The molecular weight excluding hydrogens is 504 g/mol. The molecule has 2 heterocycles. The monoisotopic (exact) mass is 522 g/mol. The number of rotatable bonds is 6. The van der Waals surface area contributed by atoms with Gasteiger partial charge in [-0.3, -0.25) is 9.59 Å². The predicted octanol–water partition coefficient (Wildman–Crippen LogP) is 3.47. The normalized spacial score (nSPS) is 11.1. The van der Waals surface area contributed by atoms with Crippen LogP contribution in [0.15, 0.2) is 84.9 Å². The molecule has 4 aromatic carbocycles. The molecule has 6 aromatic rings. The van der Waals surface area contributed by atoms with Gasteiger partial charge < -0.3 is 19.7 Å². The average Bonchev–Trinajstić information content (AvgIpc) is 3.55. The fourth-order valence-electron chi connectivity index (χ4n) is 3.84. The third kappa shape index (κ3) is 4.81. The minimum atomic E-state index is -0.880. The van der Waals surface area contributed by atoms with Gasteiger partial charge in [0.25, 0.3) is 0 Å². The summed E-state index contributed by atoms with van der Waals surface area (Å²) in [5, 5.41) is 37.8. The summed E-state index contributed by atoms with van der Waals surface area (Å²) in [5.74, 6) is -1.87. The molecule has 192 valence electrons. The summed E-state index contributed by atoms with van der Waals surface area (Å²) in [7, 11) is 0. The van der Waals surface area contributed by atoms with Gasteiger partial charge >= 0.3 is 11.9 Å². The highest BCUT2D eigenvalue weighted by atomic mass is 16.6. The van der Waals surface area contributed by atoms with Crippen LogP contribution in [-0.4, -0.2) is 52.1 Å². The molecule has 2 N–H and O–H groups in total. The molecule has 0 bridgehead atoms. The van der Waals surface area contributed by atoms with Gasteiger partial charge in [-0.05, 0) is 48.5 Å². The minimum Gasteiger partial charge on any atom is -0.506 e. The van der Waals surface area contributed by atoms with Crippen LogP contribution in [-0.2, 0) is 9.59 Å². The summed E-state index contributed by atoms with van der Waals surface area (Å²) < 4.78 is 10.6. The van der Waals surface area contributed by atoms with E-state index in [1.165, 1.54) is 46.0 Å². The first-order valence-electron chi connectivity index (χ1n) is 11.7. The van der Waals surface area contributed by atoms with E-state index in [0.29, 0.717) is 22.1 Å². The Morgan fingerprint density at radius 2 is 0.949 bits per heavy atom. The number of esters is 2. The molecule has 0 spiro atoms. The highest BCUT2D eigenvalue weighted by Crippen LogP contribution is 2.28. The molecule has 0 saturated heterocycles. The van der Waals surface area contributed by atoms with Crippen molar-refractivity contribution in [3.05, 3.63) is 84.9 Å². The second kappa shape index (κ2) is 9.59. The predicted molar refractivity (Wildman–Crippen MR) is 137 cm³/mol. The standard InChI is InChI=1S/C27H18N6O6/c34-24-11-9-16(13-22(24)32-28-18-5-1-2-6-19(18)29-32)38-26(36)15-27(37)39-17-10-12-25(35)23(14-17)33-30-20-7-3-4-8-21(20)31-33/h1-14,34-35H,15H2. The smallest absolute Gasteiger partial charge is 0.322 e. The van der Waals surface area contributed by atoms with Crippen LogP contribution in [0, 0.1) is 0 Å². The lowest BCUT2D eigenvalue weighted by atomic mass is 10.2. The Labute approximate surface area is 219 Å². The Morgan fingerprint density at radius 1 is 0.590 bits per heavy atom. The number of phenols is 2. The lowest BCUT2D eigenvalue weighted by Gasteiger charge is -2.09. The van der Waals surface area contributed by atoms with Crippen molar-refractivity contribution in [1.29, 1.82) is 0 Å². The number of carbonyl (C=O) groups excluding carboxylic acids is 2. The number of phenolic OH excluding ortho intramolecular Hbond substituents is 2. The quantitative estimate of drug-likeness (QED) is 0.189. The maximum absolute atomic E-state index is 12.4. The van der Waals surface area contributed by atoms with Crippen LogP contribution in [0.2, 0.25) is 0 Å². The van der Waals surface area contributed by atoms with Gasteiger partial charge in [0.05, 0.1) is 0 Å². The number of ether oxygens (including phenoxy) is 2. The molecule has 2 aromatic heterocycles. The first kappa shape index (κ1) is 23.6. The van der Waals surface area contributed by atoms with Crippen LogP contribution in [0.3, 0.4) is 0 Å². The van der Waals surface area contributed by atoms with Crippen molar-refractivity contribution in [2.24, 2.45) is 0 Å². The fourth-order valence-corrected chi connectivity index (χ4v) is 3.84. The van der Waals surface area contributed by atoms with Crippen LogP contribution >= 0.6 is 0 Å². The number of aromatic nitrogens is 6. The summed E-state index contributed by atoms with van der Waals surface area (Å²) in [6.45, 7) is 0. The van der Waals surface area contributed by atoms with Crippen molar-refractivity contribution in [3.63, 3.8) is 0 Å². The average molecular weight is 522 g/mol. The van der Waals surface area contributed by atoms with E-state index >= 15 is 0 Å². The van der Waals surface area contributed by atoms with Crippen molar-refractivity contribution in [2.75, 3.05) is 0 Å². The number of fused-ring (bicyclic) bond motifs is 2. The lowest BCUT2D eigenvalue weighted by Crippen LogP contribution is -2.18. The Morgan fingerprint density at radius 3 is 1.31 bits per heavy atom. The highest BCUT2D eigenvalue weighted by Gasteiger charge is 2.18. The molecule has 0 atom stereocenters. The molecular formula is C27H18N6O6. The summed E-state index contributed by atoms with van der Waals surface area (Å²) in [4.78, 5) is 27.3. The van der Waals surface area contributed by atoms with Crippen LogP contribution < -0.4 is 9.47 Å². The Kier molecular flexibility index (Phi) is 5.81. The van der Waals surface area contributed by atoms with Gasteiger partial charge in [0, 0.05) is 12.1 Å². The number of aromatic hydroxyl groups is 2. The van der Waals surface area contributed by atoms with Crippen molar-refractivity contribution in [2.45, 2.75) is 6.42 Å². The van der Waals surface area contributed by atoms with Gasteiger partial charge in [-0.15, -0.1) is 30.0 Å². The number of nitrogens with zero attached hydrogens (tertiary/aromatic N) is 6. The zero-order valence-corrected chi connectivity index (χ0v) is 20.0. The second-order valence-electron chi connectivity index (χ2n) is 8.38. The largest absolute Gasteiger partial charge is 0.506 e. The van der Waals surface area contributed by atoms with E-state index in [-0.39, 0.29) is 34.4 Å². The van der Waals surface area contributed by atoms with Gasteiger partial charge in [-0.25, -0.2) is 0 Å². The summed E-state index contributed by atoms with van der Waals surface area (Å²) in [6, 6.07) is 22.5. The fraction of sp³-hybridized carbons (Fsp3) is 0.0370. The van der Waals surface area contributed by atoms with E-state index in [4.69, 9.17) is 9.47 Å². The van der Waals surface area contributed by atoms with Crippen LogP contribution in [0.1, 0.15) is 6.42 Å². The second-order valence-corrected chi connectivity index (χ2v) is 8.38. The van der Waals surface area contributed by atoms with Crippen LogP contribution in [0.25, 0.3) is 33.4 Å². The third-order valence-electron chi connectivity index (χ3n) is 5.65. The van der Waals surface area contributed by atoms with E-state index < -0.39 is 18.4 Å². The molecule has 39 heavy (non-hydrogen) atoms. The van der Waals surface area contributed by atoms with E-state index in [0.717, 1.165) is 0 Å². The maximum atomic E-state index is 12.4.